The molecule has 4 heterocycles. The maximum absolute atomic E-state index is 14.2. The Hall–Kier alpha value is -1.68. The zero-order chi connectivity index (χ0) is 37.7. The molecule has 1 unspecified atom stereocenters. The fourth-order valence-corrected chi connectivity index (χ4v) is 8.59. The molecule has 4 aliphatic heterocycles. The quantitative estimate of drug-likeness (QED) is 0.331. The van der Waals surface area contributed by atoms with Crippen LogP contribution < -0.4 is 0 Å². The lowest BCUT2D eigenvalue weighted by atomic mass is 9.77. The third kappa shape index (κ3) is 7.82. The van der Waals surface area contributed by atoms with Crippen molar-refractivity contribution in [3.8, 4) is 0 Å². The van der Waals surface area contributed by atoms with Gasteiger partial charge in [-0.1, -0.05) is 20.8 Å². The van der Waals surface area contributed by atoms with Crippen molar-refractivity contribution in [3.63, 3.8) is 0 Å². The molecule has 288 valence electrons. The zero-order valence-corrected chi connectivity index (χ0v) is 32.3. The molecule has 2 bridgehead atoms. The van der Waals surface area contributed by atoms with E-state index in [0.29, 0.717) is 24.2 Å². The minimum Gasteiger partial charge on any atom is -0.479 e. The van der Waals surface area contributed by atoms with Gasteiger partial charge in [0.1, 0.15) is 24.1 Å². The standard InChI is InChI=1S/C37H63NO12/c1-14-25-37(10)30(40)20(4)28(50-37)18(2)16-35(8,43)32(49-34-27(39)24(38(11)12)15-19(3)45-34)21(5)29(22(6)33(42)47-25)48-26-17-36(9,44-13)31(41)23(7)46-26/h18-19,21-27,29,31-32,34,39,41,43H,14-17H2,1-13H3/t18-,19-,21+,22?,23+,24+,25-,26+,27-,29+,31+,32-,34+,35-,36-,37+/m1/s1. The average Bonchev–Trinajstić information content (AvgIpc) is 3.28. The number of allylic oxidation sites excluding steroid dienone is 1. The number of hydrogen-bond donors (Lipinski definition) is 3. The number of esters is 1. The van der Waals surface area contributed by atoms with Gasteiger partial charge in [0, 0.05) is 37.0 Å². The summed E-state index contributed by atoms with van der Waals surface area (Å²) in [6, 6.07) is -0.275. The van der Waals surface area contributed by atoms with Gasteiger partial charge in [-0.25, -0.2) is 0 Å². The van der Waals surface area contributed by atoms with E-state index < -0.39 is 89.7 Å². The summed E-state index contributed by atoms with van der Waals surface area (Å²) in [6.07, 6.45) is -6.74. The van der Waals surface area contributed by atoms with Gasteiger partial charge in [0.05, 0.1) is 41.5 Å². The number of nitrogens with zero attached hydrogens (tertiary/aromatic N) is 1. The first-order valence-corrected chi connectivity index (χ1v) is 18.2. The summed E-state index contributed by atoms with van der Waals surface area (Å²) in [5.74, 6) is -2.61. The molecule has 3 fully saturated rings. The molecule has 0 aromatic carbocycles. The van der Waals surface area contributed by atoms with E-state index in [1.807, 2.05) is 46.7 Å². The number of methoxy groups -OCH3 is 1. The number of likely N-dealkylation sites (N-methyl/N-ethyl adjacent to an activating group) is 1. The molecule has 3 saturated heterocycles. The topological polar surface area (TPSA) is 163 Å². The fourth-order valence-electron chi connectivity index (χ4n) is 8.59. The first kappa shape index (κ1) is 41.1. The number of aliphatic hydroxyl groups excluding tert-OH is 2. The van der Waals surface area contributed by atoms with Crippen LogP contribution in [0.3, 0.4) is 0 Å². The summed E-state index contributed by atoms with van der Waals surface area (Å²) in [6.45, 7) is 17.6. The number of carbonyl (C=O) groups is 2. The Morgan fingerprint density at radius 2 is 1.62 bits per heavy atom. The van der Waals surface area contributed by atoms with E-state index in [1.165, 1.54) is 7.11 Å². The molecular formula is C37H63NO12. The number of fused-ring (bicyclic) bond motifs is 2. The van der Waals surface area contributed by atoms with Gasteiger partial charge in [0.2, 0.25) is 11.4 Å². The first-order chi connectivity index (χ1) is 23.1. The van der Waals surface area contributed by atoms with Crippen LogP contribution in [0, 0.1) is 17.8 Å². The van der Waals surface area contributed by atoms with Crippen molar-refractivity contribution >= 4 is 11.8 Å². The summed E-state index contributed by atoms with van der Waals surface area (Å²) in [5, 5.41) is 34.9. The predicted octanol–water partition coefficient (Wildman–Crippen LogP) is 3.10. The van der Waals surface area contributed by atoms with Gasteiger partial charge in [-0.3, -0.25) is 9.59 Å². The van der Waals surface area contributed by atoms with E-state index in [1.54, 1.807) is 41.5 Å². The number of rotatable bonds is 7. The smallest absolute Gasteiger partial charge is 0.311 e. The monoisotopic (exact) mass is 713 g/mol. The summed E-state index contributed by atoms with van der Waals surface area (Å²) >= 11 is 0. The van der Waals surface area contributed by atoms with E-state index in [-0.39, 0.29) is 30.8 Å². The predicted molar refractivity (Wildman–Crippen MR) is 183 cm³/mol. The van der Waals surface area contributed by atoms with Crippen LogP contribution in [0.2, 0.25) is 0 Å². The summed E-state index contributed by atoms with van der Waals surface area (Å²) < 4.78 is 43.9. The zero-order valence-electron chi connectivity index (χ0n) is 32.3. The van der Waals surface area contributed by atoms with Crippen molar-refractivity contribution in [2.75, 3.05) is 21.2 Å². The highest BCUT2D eigenvalue weighted by Gasteiger charge is 2.56. The van der Waals surface area contributed by atoms with Gasteiger partial charge < -0.3 is 53.4 Å². The molecule has 4 aliphatic rings. The molecule has 16 atom stereocenters. The van der Waals surface area contributed by atoms with E-state index in [9.17, 15) is 24.9 Å². The number of cyclic esters (lactones) is 1. The second-order valence-corrected chi connectivity index (χ2v) is 16.1. The number of carbonyl (C=O) groups excluding carboxylic acids is 2. The SMILES string of the molecule is CC[C@H]1OC(=O)C(C)[C@@H](O[C@H]2C[C@@](C)(OC)[C@@H](O)[C@H](C)O2)[C@H](C)[C@@H](O[C@@H]2O[C@H](C)C[C@H](N(C)C)[C@H]2O)[C@](C)(O)C[C@@H](C)C2=C(C)C(=O)[C@@]1(C)O2. The molecule has 4 rings (SSSR count). The second kappa shape index (κ2) is 15.4. The lowest BCUT2D eigenvalue weighted by molar-refractivity contribution is -0.317. The molecule has 13 nitrogen and oxygen atoms in total. The van der Waals surface area contributed by atoms with E-state index in [2.05, 4.69) is 0 Å². The Morgan fingerprint density at radius 3 is 2.20 bits per heavy atom. The van der Waals surface area contributed by atoms with Gasteiger partial charge in [0.25, 0.3) is 0 Å². The fraction of sp³-hybridized carbons (Fsp3) is 0.892. The Labute approximate surface area is 297 Å². The van der Waals surface area contributed by atoms with Crippen molar-refractivity contribution in [3.05, 3.63) is 11.3 Å². The molecule has 0 radical (unpaired) electrons. The normalized spacial score (nSPS) is 48.1. The number of ketones is 1. The highest BCUT2D eigenvalue weighted by Crippen LogP contribution is 2.44. The van der Waals surface area contributed by atoms with Crippen LogP contribution in [0.5, 0.6) is 0 Å². The number of ether oxygens (including phenoxy) is 7. The van der Waals surface area contributed by atoms with Crippen molar-refractivity contribution < 1.29 is 58.1 Å². The van der Waals surface area contributed by atoms with Crippen LogP contribution in [-0.4, -0.2) is 131 Å². The first-order valence-electron chi connectivity index (χ1n) is 18.2. The van der Waals surface area contributed by atoms with Gasteiger partial charge in [-0.2, -0.15) is 0 Å². The molecule has 0 amide bonds. The minimum atomic E-state index is -1.63. The Bertz CT molecular complexity index is 1260. The molecular weight excluding hydrogens is 650 g/mol. The molecule has 3 N–H and O–H groups in total. The maximum atomic E-state index is 14.2. The second-order valence-electron chi connectivity index (χ2n) is 16.1. The number of aliphatic hydroxyl groups is 3. The molecule has 13 heteroatoms. The Balaban J connectivity index is 1.83. The Kier molecular flexibility index (Phi) is 12.6. The summed E-state index contributed by atoms with van der Waals surface area (Å²) in [7, 11) is 5.27. The molecule has 0 aromatic heterocycles. The van der Waals surface area contributed by atoms with Crippen LogP contribution >= 0.6 is 0 Å². The van der Waals surface area contributed by atoms with Crippen LogP contribution in [0.25, 0.3) is 0 Å². The molecule has 0 aliphatic carbocycles. The summed E-state index contributed by atoms with van der Waals surface area (Å²) in [4.78, 5) is 29.8. The van der Waals surface area contributed by atoms with Crippen LogP contribution in [0.4, 0.5) is 0 Å². The van der Waals surface area contributed by atoms with Crippen molar-refractivity contribution in [1.29, 1.82) is 0 Å². The van der Waals surface area contributed by atoms with Gasteiger partial charge >= 0.3 is 5.97 Å². The summed E-state index contributed by atoms with van der Waals surface area (Å²) in [5.41, 5.74) is -3.67. The van der Waals surface area contributed by atoms with Crippen molar-refractivity contribution in [1.82, 2.24) is 4.90 Å². The highest BCUT2D eigenvalue weighted by atomic mass is 16.7. The third-order valence-corrected chi connectivity index (χ3v) is 11.7. The van der Waals surface area contributed by atoms with Crippen LogP contribution in [0.1, 0.15) is 94.9 Å². The highest BCUT2D eigenvalue weighted by molar-refractivity contribution is 6.04. The number of Topliss-reactive ketones (excluding diaryl/α,β-unsaturated/α-hetero) is 1. The molecule has 0 aromatic rings. The van der Waals surface area contributed by atoms with Crippen molar-refractivity contribution in [2.45, 2.75) is 173 Å². The van der Waals surface area contributed by atoms with Gasteiger partial charge in [-0.15, -0.1) is 0 Å². The third-order valence-electron chi connectivity index (χ3n) is 11.7. The van der Waals surface area contributed by atoms with E-state index >= 15 is 0 Å². The van der Waals surface area contributed by atoms with Gasteiger partial charge in [0.15, 0.2) is 12.6 Å². The Morgan fingerprint density at radius 1 is 0.980 bits per heavy atom. The molecule has 50 heavy (non-hydrogen) atoms. The molecule has 0 spiro atoms. The lowest BCUT2D eigenvalue weighted by Gasteiger charge is -2.48. The largest absolute Gasteiger partial charge is 0.479 e. The van der Waals surface area contributed by atoms with Crippen molar-refractivity contribution in [2.24, 2.45) is 17.8 Å². The molecule has 0 saturated carbocycles. The lowest BCUT2D eigenvalue weighted by Crippen LogP contribution is -2.60. The van der Waals surface area contributed by atoms with Crippen LogP contribution in [-0.2, 0) is 42.7 Å². The number of hydrogen-bond acceptors (Lipinski definition) is 13. The van der Waals surface area contributed by atoms with Gasteiger partial charge in [-0.05, 0) is 81.8 Å². The average molecular weight is 714 g/mol. The minimum absolute atomic E-state index is 0.102. The van der Waals surface area contributed by atoms with E-state index in [0.717, 1.165) is 0 Å². The maximum Gasteiger partial charge on any atom is 0.311 e. The van der Waals surface area contributed by atoms with E-state index in [4.69, 9.17) is 33.2 Å². The van der Waals surface area contributed by atoms with Crippen LogP contribution in [0.15, 0.2) is 11.3 Å².